The normalized spacial score (nSPS) is 17.4. The van der Waals surface area contributed by atoms with Gasteiger partial charge in [-0.25, -0.2) is 8.78 Å². The maximum atomic E-state index is 13.4. The molecule has 1 saturated heterocycles. The molecule has 142 valence electrons. The van der Waals surface area contributed by atoms with Crippen molar-refractivity contribution in [1.29, 1.82) is 0 Å². The number of amides is 3. The van der Waals surface area contributed by atoms with Gasteiger partial charge in [-0.1, -0.05) is 0 Å². The summed E-state index contributed by atoms with van der Waals surface area (Å²) < 4.78 is 26.7. The molecule has 1 aromatic carbocycles. The monoisotopic (exact) mass is 367 g/mol. The minimum Gasteiger partial charge on any atom is -0.350 e. The lowest BCUT2D eigenvalue weighted by atomic mass is 10.1. The second-order valence-corrected chi connectivity index (χ2v) is 7.53. The molecule has 1 aliphatic heterocycles. The standard InChI is InChI=1S/C18H23F2N3O3/c1-18(2,3)21-15(24)10-22(4)17(26)11-5-16(25)23(9-11)14-7-12(19)6-13(20)8-14/h6-8,11H,5,9-10H2,1-4H3,(H,21,24). The average molecular weight is 367 g/mol. The van der Waals surface area contributed by atoms with Gasteiger partial charge in [0.2, 0.25) is 17.7 Å². The van der Waals surface area contributed by atoms with Gasteiger partial charge in [0.05, 0.1) is 12.5 Å². The fourth-order valence-corrected chi connectivity index (χ4v) is 2.88. The largest absolute Gasteiger partial charge is 0.350 e. The Bertz CT molecular complexity index is 711. The molecule has 0 bridgehead atoms. The lowest BCUT2D eigenvalue weighted by Crippen LogP contribution is -2.47. The van der Waals surface area contributed by atoms with Gasteiger partial charge in [-0.2, -0.15) is 0 Å². The zero-order valence-corrected chi connectivity index (χ0v) is 15.3. The minimum absolute atomic E-state index is 0.0196. The molecule has 1 aliphatic rings. The number of halogens is 2. The van der Waals surface area contributed by atoms with Gasteiger partial charge in [-0.05, 0) is 32.9 Å². The first-order valence-electron chi connectivity index (χ1n) is 8.29. The second kappa shape index (κ2) is 7.39. The number of likely N-dealkylation sites (N-methyl/N-ethyl adjacent to an activating group) is 1. The van der Waals surface area contributed by atoms with E-state index in [9.17, 15) is 23.2 Å². The van der Waals surface area contributed by atoms with Crippen LogP contribution in [0.25, 0.3) is 0 Å². The highest BCUT2D eigenvalue weighted by molar-refractivity contribution is 6.00. The Hall–Kier alpha value is -2.51. The summed E-state index contributed by atoms with van der Waals surface area (Å²) in [6.07, 6.45) is -0.0673. The lowest BCUT2D eigenvalue weighted by molar-refractivity contribution is -0.138. The minimum atomic E-state index is -0.793. The zero-order chi connectivity index (χ0) is 19.6. The summed E-state index contributed by atoms with van der Waals surface area (Å²) in [6.45, 7) is 5.39. The second-order valence-electron chi connectivity index (χ2n) is 7.53. The lowest BCUT2D eigenvalue weighted by Gasteiger charge is -2.25. The van der Waals surface area contributed by atoms with E-state index in [0.717, 1.165) is 12.1 Å². The van der Waals surface area contributed by atoms with Crippen LogP contribution in [-0.2, 0) is 14.4 Å². The molecule has 1 fully saturated rings. The van der Waals surface area contributed by atoms with Crippen molar-refractivity contribution >= 4 is 23.4 Å². The summed E-state index contributed by atoms with van der Waals surface area (Å²) >= 11 is 0. The van der Waals surface area contributed by atoms with Crippen molar-refractivity contribution in [2.24, 2.45) is 5.92 Å². The quantitative estimate of drug-likeness (QED) is 0.881. The number of carbonyl (C=O) groups excluding carboxylic acids is 3. The molecule has 3 amide bonds. The molecule has 6 nitrogen and oxygen atoms in total. The van der Waals surface area contributed by atoms with Gasteiger partial charge in [0.1, 0.15) is 11.6 Å². The molecule has 0 saturated carbocycles. The van der Waals surface area contributed by atoms with E-state index in [-0.39, 0.29) is 42.9 Å². The third-order valence-electron chi connectivity index (χ3n) is 3.90. The summed E-state index contributed by atoms with van der Waals surface area (Å²) in [4.78, 5) is 39.1. The van der Waals surface area contributed by atoms with Gasteiger partial charge in [0.25, 0.3) is 0 Å². The number of hydrogen-bond acceptors (Lipinski definition) is 3. The zero-order valence-electron chi connectivity index (χ0n) is 15.3. The maximum Gasteiger partial charge on any atom is 0.240 e. The first-order chi connectivity index (χ1) is 12.0. The van der Waals surface area contributed by atoms with E-state index in [1.807, 2.05) is 20.8 Å². The Morgan fingerprint density at radius 3 is 2.35 bits per heavy atom. The first kappa shape index (κ1) is 19.8. The molecular formula is C18H23F2N3O3. The summed E-state index contributed by atoms with van der Waals surface area (Å²) in [5.41, 5.74) is -0.335. The molecule has 0 aromatic heterocycles. The molecule has 8 heteroatoms. The van der Waals surface area contributed by atoms with Crippen LogP contribution in [0.15, 0.2) is 18.2 Å². The Labute approximate surface area is 151 Å². The molecule has 0 aliphatic carbocycles. The van der Waals surface area contributed by atoms with Gasteiger partial charge < -0.3 is 15.1 Å². The summed E-state index contributed by atoms with van der Waals surface area (Å²) in [6, 6.07) is 2.82. The third-order valence-corrected chi connectivity index (χ3v) is 3.90. The molecule has 26 heavy (non-hydrogen) atoms. The van der Waals surface area contributed by atoms with Crippen LogP contribution in [-0.4, -0.2) is 48.3 Å². The highest BCUT2D eigenvalue weighted by Gasteiger charge is 2.37. The Morgan fingerprint density at radius 1 is 1.23 bits per heavy atom. The topological polar surface area (TPSA) is 69.7 Å². The fraction of sp³-hybridized carbons (Fsp3) is 0.500. The van der Waals surface area contributed by atoms with Crippen LogP contribution >= 0.6 is 0 Å². The predicted octanol–water partition coefficient (Wildman–Crippen LogP) is 1.69. The number of anilines is 1. The Kier molecular flexibility index (Phi) is 5.63. The van der Waals surface area contributed by atoms with Crippen LogP contribution in [0.3, 0.4) is 0 Å². The molecule has 2 rings (SSSR count). The summed E-state index contributed by atoms with van der Waals surface area (Å²) in [5.74, 6) is -3.30. The van der Waals surface area contributed by atoms with E-state index in [1.165, 1.54) is 16.8 Å². The average Bonchev–Trinajstić information content (AvgIpc) is 2.85. The van der Waals surface area contributed by atoms with Gasteiger partial charge in [-0.3, -0.25) is 14.4 Å². The van der Waals surface area contributed by atoms with E-state index < -0.39 is 23.1 Å². The molecule has 1 aromatic rings. The molecule has 0 spiro atoms. The van der Waals surface area contributed by atoms with Crippen LogP contribution in [0, 0.1) is 17.6 Å². The number of carbonyl (C=O) groups is 3. The van der Waals surface area contributed by atoms with Gasteiger partial charge in [0, 0.05) is 37.3 Å². The SMILES string of the molecule is CN(CC(=O)NC(C)(C)C)C(=O)C1CC(=O)N(c2cc(F)cc(F)c2)C1. The maximum absolute atomic E-state index is 13.4. The summed E-state index contributed by atoms with van der Waals surface area (Å²) in [7, 11) is 1.49. The number of nitrogens with zero attached hydrogens (tertiary/aromatic N) is 2. The van der Waals surface area contributed by atoms with Gasteiger partial charge in [-0.15, -0.1) is 0 Å². The van der Waals surface area contributed by atoms with Crippen molar-refractivity contribution in [3.8, 4) is 0 Å². The number of rotatable bonds is 4. The van der Waals surface area contributed by atoms with E-state index in [4.69, 9.17) is 0 Å². The van der Waals surface area contributed by atoms with E-state index >= 15 is 0 Å². The van der Waals surface area contributed by atoms with Crippen LogP contribution in [0.5, 0.6) is 0 Å². The van der Waals surface area contributed by atoms with E-state index in [2.05, 4.69) is 5.32 Å². The van der Waals surface area contributed by atoms with Crippen molar-refractivity contribution in [2.75, 3.05) is 25.0 Å². The van der Waals surface area contributed by atoms with Crippen molar-refractivity contribution in [3.05, 3.63) is 29.8 Å². The molecule has 1 atom stereocenters. The fourth-order valence-electron chi connectivity index (χ4n) is 2.88. The highest BCUT2D eigenvalue weighted by atomic mass is 19.1. The van der Waals surface area contributed by atoms with Crippen molar-refractivity contribution in [1.82, 2.24) is 10.2 Å². The smallest absolute Gasteiger partial charge is 0.240 e. The van der Waals surface area contributed by atoms with Crippen molar-refractivity contribution < 1.29 is 23.2 Å². The Balaban J connectivity index is 2.03. The van der Waals surface area contributed by atoms with Gasteiger partial charge >= 0.3 is 0 Å². The molecule has 1 N–H and O–H groups in total. The number of benzene rings is 1. The van der Waals surface area contributed by atoms with Crippen LogP contribution in [0.2, 0.25) is 0 Å². The number of hydrogen-bond donors (Lipinski definition) is 1. The van der Waals surface area contributed by atoms with E-state index in [0.29, 0.717) is 6.07 Å². The third kappa shape index (κ3) is 5.00. The molecule has 1 unspecified atom stereocenters. The number of nitrogens with one attached hydrogen (secondary N) is 1. The van der Waals surface area contributed by atoms with Gasteiger partial charge in [0.15, 0.2) is 0 Å². The molecule has 1 heterocycles. The van der Waals surface area contributed by atoms with Crippen molar-refractivity contribution in [2.45, 2.75) is 32.7 Å². The van der Waals surface area contributed by atoms with Crippen LogP contribution in [0.4, 0.5) is 14.5 Å². The molecule has 0 radical (unpaired) electrons. The highest BCUT2D eigenvalue weighted by Crippen LogP contribution is 2.27. The Morgan fingerprint density at radius 2 is 1.81 bits per heavy atom. The molecular weight excluding hydrogens is 344 g/mol. The predicted molar refractivity (Wildman–Crippen MR) is 92.4 cm³/mol. The first-order valence-corrected chi connectivity index (χ1v) is 8.29. The summed E-state index contributed by atoms with van der Waals surface area (Å²) in [5, 5.41) is 2.76. The van der Waals surface area contributed by atoms with E-state index in [1.54, 1.807) is 0 Å². The van der Waals surface area contributed by atoms with Crippen LogP contribution in [0.1, 0.15) is 27.2 Å². The van der Waals surface area contributed by atoms with Crippen molar-refractivity contribution in [3.63, 3.8) is 0 Å². The van der Waals surface area contributed by atoms with Crippen LogP contribution < -0.4 is 10.2 Å².